The van der Waals surface area contributed by atoms with Gasteiger partial charge in [-0.2, -0.15) is 0 Å². The van der Waals surface area contributed by atoms with Crippen LogP contribution in [0.2, 0.25) is 0 Å². The van der Waals surface area contributed by atoms with Crippen LogP contribution < -0.4 is 4.74 Å². The van der Waals surface area contributed by atoms with Crippen molar-refractivity contribution in [3.05, 3.63) is 23.0 Å². The van der Waals surface area contributed by atoms with Crippen LogP contribution in [0.15, 0.2) is 6.07 Å². The summed E-state index contributed by atoms with van der Waals surface area (Å²) < 4.78 is 5.12. The van der Waals surface area contributed by atoms with Gasteiger partial charge in [0.1, 0.15) is 5.75 Å². The van der Waals surface area contributed by atoms with E-state index in [2.05, 4.69) is 4.98 Å². The van der Waals surface area contributed by atoms with E-state index in [4.69, 9.17) is 4.74 Å². The fraction of sp³-hybridized carbons (Fsp3) is 0.444. The van der Waals surface area contributed by atoms with Crippen molar-refractivity contribution < 1.29 is 4.74 Å². The number of hydrogen-bond acceptors (Lipinski definition) is 2. The summed E-state index contributed by atoms with van der Waals surface area (Å²) in [5.74, 6) is 0.869. The van der Waals surface area contributed by atoms with Crippen molar-refractivity contribution in [2.24, 2.45) is 0 Å². The Balaban J connectivity index is 3.21. The lowest BCUT2D eigenvalue weighted by Crippen LogP contribution is -1.94. The largest absolute Gasteiger partial charge is 0.495 e. The minimum Gasteiger partial charge on any atom is -0.495 e. The van der Waals surface area contributed by atoms with Gasteiger partial charge in [-0.1, -0.05) is 0 Å². The molecule has 1 aromatic heterocycles. The fourth-order valence-electron chi connectivity index (χ4n) is 1.01. The lowest BCUT2D eigenvalue weighted by atomic mass is 10.2. The predicted molar refractivity (Wildman–Crippen MR) is 45.0 cm³/mol. The van der Waals surface area contributed by atoms with E-state index in [0.717, 1.165) is 17.1 Å². The quantitative estimate of drug-likeness (QED) is 0.612. The molecule has 0 N–H and O–H groups in total. The van der Waals surface area contributed by atoms with Crippen molar-refractivity contribution >= 4 is 0 Å². The van der Waals surface area contributed by atoms with Crippen molar-refractivity contribution in [3.63, 3.8) is 0 Å². The predicted octanol–water partition coefficient (Wildman–Crippen LogP) is 2.02. The first-order valence-electron chi connectivity index (χ1n) is 3.64. The second kappa shape index (κ2) is 2.91. The van der Waals surface area contributed by atoms with Crippen LogP contribution in [-0.2, 0) is 0 Å². The molecular weight excluding hydrogens is 138 g/mol. The van der Waals surface area contributed by atoms with Gasteiger partial charge in [0.2, 0.25) is 0 Å². The zero-order valence-corrected chi connectivity index (χ0v) is 7.43. The smallest absolute Gasteiger partial charge is 0.140 e. The van der Waals surface area contributed by atoms with Gasteiger partial charge >= 0.3 is 0 Å². The Labute approximate surface area is 67.2 Å². The van der Waals surface area contributed by atoms with Crippen LogP contribution in [0.5, 0.6) is 5.75 Å². The maximum Gasteiger partial charge on any atom is 0.140 e. The molecule has 0 saturated carbocycles. The van der Waals surface area contributed by atoms with Gasteiger partial charge in [0.25, 0.3) is 0 Å². The van der Waals surface area contributed by atoms with E-state index < -0.39 is 0 Å². The maximum atomic E-state index is 5.12. The Morgan fingerprint density at radius 3 is 2.36 bits per heavy atom. The molecule has 0 amide bonds. The zero-order chi connectivity index (χ0) is 8.43. The van der Waals surface area contributed by atoms with Crippen molar-refractivity contribution in [1.82, 2.24) is 4.98 Å². The Morgan fingerprint density at radius 2 is 1.82 bits per heavy atom. The molecule has 0 fully saturated rings. The number of ether oxygens (including phenoxy) is 1. The first kappa shape index (κ1) is 8.05. The molecule has 0 radical (unpaired) electrons. The number of pyridine rings is 1. The monoisotopic (exact) mass is 151 g/mol. The molecule has 0 aliphatic heterocycles. The van der Waals surface area contributed by atoms with Gasteiger partial charge in [-0.25, -0.2) is 0 Å². The highest BCUT2D eigenvalue weighted by Gasteiger charge is 2.01. The molecule has 1 aromatic rings. The number of methoxy groups -OCH3 is 1. The molecule has 0 saturated heterocycles. The Hall–Kier alpha value is -1.05. The number of hydrogen-bond donors (Lipinski definition) is 0. The van der Waals surface area contributed by atoms with Crippen molar-refractivity contribution in [2.75, 3.05) is 7.11 Å². The van der Waals surface area contributed by atoms with E-state index in [9.17, 15) is 0 Å². The van der Waals surface area contributed by atoms with Gasteiger partial charge in [-0.15, -0.1) is 0 Å². The molecule has 1 rings (SSSR count). The van der Waals surface area contributed by atoms with Gasteiger partial charge in [0, 0.05) is 5.69 Å². The molecule has 0 aliphatic carbocycles. The van der Waals surface area contributed by atoms with Crippen LogP contribution in [0.25, 0.3) is 0 Å². The summed E-state index contributed by atoms with van der Waals surface area (Å²) in [6.07, 6.45) is 0. The Morgan fingerprint density at radius 1 is 1.18 bits per heavy atom. The number of aromatic nitrogens is 1. The van der Waals surface area contributed by atoms with Gasteiger partial charge < -0.3 is 4.74 Å². The third kappa shape index (κ3) is 1.50. The molecule has 0 unspecified atom stereocenters. The molecule has 1 heterocycles. The molecule has 0 aliphatic rings. The van der Waals surface area contributed by atoms with E-state index in [1.807, 2.05) is 26.8 Å². The lowest BCUT2D eigenvalue weighted by molar-refractivity contribution is 0.408. The minimum atomic E-state index is 0.869. The van der Waals surface area contributed by atoms with E-state index in [0.29, 0.717) is 0 Å². The first-order valence-corrected chi connectivity index (χ1v) is 3.64. The zero-order valence-electron chi connectivity index (χ0n) is 7.43. The van der Waals surface area contributed by atoms with Crippen LogP contribution in [0.1, 0.15) is 17.0 Å². The van der Waals surface area contributed by atoms with E-state index in [1.165, 1.54) is 5.56 Å². The average molecular weight is 151 g/mol. The molecule has 0 bridgehead atoms. The topological polar surface area (TPSA) is 22.1 Å². The molecule has 0 spiro atoms. The molecule has 60 valence electrons. The summed E-state index contributed by atoms with van der Waals surface area (Å²) in [6.45, 7) is 5.98. The number of aryl methyl sites for hydroxylation is 3. The SMILES string of the molecule is COc1cc(C)c(C)nc1C. The first-order chi connectivity index (χ1) is 5.15. The fourth-order valence-corrected chi connectivity index (χ4v) is 1.01. The van der Waals surface area contributed by atoms with Crippen LogP contribution in [0, 0.1) is 20.8 Å². The summed E-state index contributed by atoms with van der Waals surface area (Å²) in [5.41, 5.74) is 3.20. The van der Waals surface area contributed by atoms with Crippen LogP contribution in [-0.4, -0.2) is 12.1 Å². The molecule has 11 heavy (non-hydrogen) atoms. The molecular formula is C9H13NO. The highest BCUT2D eigenvalue weighted by atomic mass is 16.5. The van der Waals surface area contributed by atoms with E-state index in [-0.39, 0.29) is 0 Å². The third-order valence-corrected chi connectivity index (χ3v) is 1.83. The van der Waals surface area contributed by atoms with E-state index >= 15 is 0 Å². The second-order valence-corrected chi connectivity index (χ2v) is 2.68. The van der Waals surface area contributed by atoms with Crippen LogP contribution >= 0.6 is 0 Å². The maximum absolute atomic E-state index is 5.12. The molecule has 0 aromatic carbocycles. The summed E-state index contributed by atoms with van der Waals surface area (Å²) in [4.78, 5) is 4.32. The average Bonchev–Trinajstić information content (AvgIpc) is 1.97. The second-order valence-electron chi connectivity index (χ2n) is 2.68. The standard InChI is InChI=1S/C9H13NO/c1-6-5-9(11-4)8(3)10-7(6)2/h5H,1-4H3. The molecule has 2 heteroatoms. The van der Waals surface area contributed by atoms with Gasteiger partial charge in [-0.3, -0.25) is 4.98 Å². The molecule has 2 nitrogen and oxygen atoms in total. The highest BCUT2D eigenvalue weighted by molar-refractivity contribution is 5.33. The van der Waals surface area contributed by atoms with Crippen molar-refractivity contribution in [3.8, 4) is 5.75 Å². The number of nitrogens with zero attached hydrogens (tertiary/aromatic N) is 1. The molecule has 0 atom stereocenters. The summed E-state index contributed by atoms with van der Waals surface area (Å²) in [7, 11) is 1.67. The van der Waals surface area contributed by atoms with Crippen LogP contribution in [0.4, 0.5) is 0 Å². The summed E-state index contributed by atoms with van der Waals surface area (Å²) >= 11 is 0. The van der Waals surface area contributed by atoms with E-state index in [1.54, 1.807) is 7.11 Å². The van der Waals surface area contributed by atoms with Gasteiger partial charge in [0.05, 0.1) is 12.8 Å². The number of rotatable bonds is 1. The van der Waals surface area contributed by atoms with Gasteiger partial charge in [0.15, 0.2) is 0 Å². The third-order valence-electron chi connectivity index (χ3n) is 1.83. The van der Waals surface area contributed by atoms with Crippen molar-refractivity contribution in [1.29, 1.82) is 0 Å². The normalized spacial score (nSPS) is 9.82. The minimum absolute atomic E-state index is 0.869. The summed E-state index contributed by atoms with van der Waals surface area (Å²) in [6, 6.07) is 2.01. The van der Waals surface area contributed by atoms with Gasteiger partial charge in [-0.05, 0) is 32.4 Å². The Kier molecular flexibility index (Phi) is 2.13. The Bertz CT molecular complexity index is 269. The summed E-state index contributed by atoms with van der Waals surface area (Å²) in [5, 5.41) is 0. The van der Waals surface area contributed by atoms with Crippen molar-refractivity contribution in [2.45, 2.75) is 20.8 Å². The highest BCUT2D eigenvalue weighted by Crippen LogP contribution is 2.17. The van der Waals surface area contributed by atoms with Crippen LogP contribution in [0.3, 0.4) is 0 Å². The lowest BCUT2D eigenvalue weighted by Gasteiger charge is -2.06.